The van der Waals surface area contributed by atoms with Crippen molar-refractivity contribution in [2.24, 2.45) is 0 Å². The van der Waals surface area contributed by atoms with Gasteiger partial charge in [-0.05, 0) is 38.0 Å². The molecule has 0 aromatic heterocycles. The van der Waals surface area contributed by atoms with Gasteiger partial charge in [-0.25, -0.2) is 4.79 Å². The second-order valence-electron chi connectivity index (χ2n) is 5.84. The van der Waals surface area contributed by atoms with E-state index in [9.17, 15) is 14.9 Å². The molecule has 0 bridgehead atoms. The van der Waals surface area contributed by atoms with Gasteiger partial charge in [-0.3, -0.25) is 4.79 Å². The average Bonchev–Trinajstić information content (AvgIpc) is 2.55. The molecule has 6 nitrogen and oxygen atoms in total. The van der Waals surface area contributed by atoms with Gasteiger partial charge in [-0.15, -0.1) is 0 Å². The van der Waals surface area contributed by atoms with Gasteiger partial charge in [-0.1, -0.05) is 25.3 Å². The van der Waals surface area contributed by atoms with Crippen LogP contribution in [0.5, 0.6) is 5.75 Å². The van der Waals surface area contributed by atoms with Crippen molar-refractivity contribution in [3.8, 4) is 11.8 Å². The third-order valence-electron chi connectivity index (χ3n) is 4.05. The Labute approximate surface area is 135 Å². The summed E-state index contributed by atoms with van der Waals surface area (Å²) in [7, 11) is 0. The number of hydrogen-bond acceptors (Lipinski definition) is 4. The molecule has 0 saturated heterocycles. The molecule has 0 spiro atoms. The van der Waals surface area contributed by atoms with Crippen LogP contribution in [0.25, 0.3) is 0 Å². The second kappa shape index (κ2) is 7.14. The summed E-state index contributed by atoms with van der Waals surface area (Å²) in [5.74, 6) is -1.12. The summed E-state index contributed by atoms with van der Waals surface area (Å²) >= 11 is 0. The fourth-order valence-corrected chi connectivity index (χ4v) is 2.72. The van der Waals surface area contributed by atoms with Crippen molar-refractivity contribution in [2.45, 2.75) is 50.7 Å². The summed E-state index contributed by atoms with van der Waals surface area (Å²) < 4.78 is 5.51. The van der Waals surface area contributed by atoms with Crippen LogP contribution in [-0.2, 0) is 4.79 Å². The number of nitrogens with zero attached hydrogens (tertiary/aromatic N) is 1. The number of nitrogens with one attached hydrogen (secondary N) is 1. The van der Waals surface area contributed by atoms with E-state index in [0.717, 1.165) is 19.3 Å². The number of hydrogen-bond donors (Lipinski definition) is 2. The highest BCUT2D eigenvalue weighted by atomic mass is 16.5. The lowest BCUT2D eigenvalue weighted by molar-refractivity contribution is -0.129. The highest BCUT2D eigenvalue weighted by Gasteiger charge is 2.35. The van der Waals surface area contributed by atoms with Gasteiger partial charge in [0.05, 0.1) is 11.6 Å². The first-order valence-corrected chi connectivity index (χ1v) is 7.69. The number of nitriles is 1. The smallest absolute Gasteiger partial charge is 0.335 e. The van der Waals surface area contributed by atoms with Crippen LogP contribution in [0.3, 0.4) is 0 Å². The molecule has 0 heterocycles. The van der Waals surface area contributed by atoms with Crippen LogP contribution in [-0.4, -0.2) is 28.6 Å². The van der Waals surface area contributed by atoms with Crippen LogP contribution in [0.2, 0.25) is 0 Å². The van der Waals surface area contributed by atoms with E-state index in [1.807, 2.05) is 0 Å². The van der Waals surface area contributed by atoms with Crippen LogP contribution in [0, 0.1) is 11.3 Å². The van der Waals surface area contributed by atoms with Gasteiger partial charge in [0.25, 0.3) is 5.91 Å². The van der Waals surface area contributed by atoms with E-state index in [-0.39, 0.29) is 11.5 Å². The first kappa shape index (κ1) is 16.8. The van der Waals surface area contributed by atoms with Crippen LogP contribution < -0.4 is 10.1 Å². The SMILES string of the molecule is C[C@H](Oc1cccc(C(=O)O)c1)C(=O)NC1(C#N)CCCCC1. The van der Waals surface area contributed by atoms with Crippen LogP contribution in [0.15, 0.2) is 24.3 Å². The fourth-order valence-electron chi connectivity index (χ4n) is 2.72. The minimum Gasteiger partial charge on any atom is -0.481 e. The van der Waals surface area contributed by atoms with Gasteiger partial charge < -0.3 is 15.2 Å². The number of carbonyl (C=O) groups excluding carboxylic acids is 1. The molecule has 2 rings (SSSR count). The van der Waals surface area contributed by atoms with Gasteiger partial charge in [0.1, 0.15) is 11.3 Å². The maximum absolute atomic E-state index is 12.3. The molecule has 0 radical (unpaired) electrons. The fraction of sp³-hybridized carbons (Fsp3) is 0.471. The monoisotopic (exact) mass is 316 g/mol. The number of rotatable bonds is 5. The van der Waals surface area contributed by atoms with Gasteiger partial charge in [0.15, 0.2) is 6.10 Å². The molecule has 1 amide bonds. The lowest BCUT2D eigenvalue weighted by Gasteiger charge is -2.32. The average molecular weight is 316 g/mol. The lowest BCUT2D eigenvalue weighted by Crippen LogP contribution is -2.52. The Bertz CT molecular complexity index is 630. The second-order valence-corrected chi connectivity index (χ2v) is 5.84. The van der Waals surface area contributed by atoms with E-state index >= 15 is 0 Å². The van der Waals surface area contributed by atoms with E-state index in [1.165, 1.54) is 12.1 Å². The van der Waals surface area contributed by atoms with Crippen molar-refractivity contribution < 1.29 is 19.4 Å². The molecule has 1 aliphatic carbocycles. The van der Waals surface area contributed by atoms with Crippen molar-refractivity contribution in [3.63, 3.8) is 0 Å². The predicted octanol–water partition coefficient (Wildman–Crippen LogP) is 2.49. The molecule has 0 unspecified atom stereocenters. The third-order valence-corrected chi connectivity index (χ3v) is 4.05. The van der Waals surface area contributed by atoms with Crippen LogP contribution in [0.4, 0.5) is 0 Å². The van der Waals surface area contributed by atoms with Gasteiger partial charge >= 0.3 is 5.97 Å². The number of ether oxygens (including phenoxy) is 1. The summed E-state index contributed by atoms with van der Waals surface area (Å²) in [5.41, 5.74) is -0.716. The molecule has 1 atom stereocenters. The lowest BCUT2D eigenvalue weighted by atomic mass is 9.83. The molecule has 0 aliphatic heterocycles. The standard InChI is InChI=1S/C17H20N2O4/c1-12(23-14-7-5-6-13(10-14)16(21)22)15(20)19-17(11-18)8-3-2-4-9-17/h5-7,10,12H,2-4,8-9H2,1H3,(H,19,20)(H,21,22)/t12-/m0/s1. The van der Waals surface area contributed by atoms with Crippen LogP contribution >= 0.6 is 0 Å². The summed E-state index contributed by atoms with van der Waals surface area (Å²) in [6, 6.07) is 8.20. The van der Waals surface area contributed by atoms with Crippen molar-refractivity contribution in [1.29, 1.82) is 5.26 Å². The molecule has 2 N–H and O–H groups in total. The Morgan fingerprint density at radius 1 is 1.35 bits per heavy atom. The van der Waals surface area contributed by atoms with Gasteiger partial charge in [0.2, 0.25) is 0 Å². The van der Waals surface area contributed by atoms with Crippen molar-refractivity contribution in [1.82, 2.24) is 5.32 Å². The van der Waals surface area contributed by atoms with Gasteiger partial charge in [0, 0.05) is 0 Å². The Morgan fingerprint density at radius 2 is 2.04 bits per heavy atom. The predicted molar refractivity (Wildman–Crippen MR) is 83.1 cm³/mol. The number of benzene rings is 1. The summed E-state index contributed by atoms with van der Waals surface area (Å²) in [6.45, 7) is 1.58. The Balaban J connectivity index is 2.01. The maximum Gasteiger partial charge on any atom is 0.335 e. The molecule has 122 valence electrons. The summed E-state index contributed by atoms with van der Waals surface area (Å²) in [4.78, 5) is 23.2. The summed E-state index contributed by atoms with van der Waals surface area (Å²) in [5, 5.41) is 21.2. The Hall–Kier alpha value is -2.55. The number of aromatic carboxylic acids is 1. The topological polar surface area (TPSA) is 99.4 Å². The first-order chi connectivity index (χ1) is 11.0. The molecule has 1 aliphatic rings. The van der Waals surface area contributed by atoms with E-state index in [0.29, 0.717) is 18.6 Å². The van der Waals surface area contributed by atoms with E-state index in [2.05, 4.69) is 11.4 Å². The molecular weight excluding hydrogens is 296 g/mol. The van der Waals surface area contributed by atoms with Crippen molar-refractivity contribution in [3.05, 3.63) is 29.8 Å². The van der Waals surface area contributed by atoms with Crippen LogP contribution in [0.1, 0.15) is 49.4 Å². The Morgan fingerprint density at radius 3 is 2.65 bits per heavy atom. The molecule has 23 heavy (non-hydrogen) atoms. The Kier molecular flexibility index (Phi) is 5.22. The minimum atomic E-state index is -1.06. The first-order valence-electron chi connectivity index (χ1n) is 7.69. The number of carboxylic acid groups (broad SMARTS) is 1. The molecular formula is C17H20N2O4. The van der Waals surface area contributed by atoms with E-state index in [1.54, 1.807) is 19.1 Å². The molecule has 1 saturated carbocycles. The largest absolute Gasteiger partial charge is 0.481 e. The zero-order chi connectivity index (χ0) is 16.9. The summed E-state index contributed by atoms with van der Waals surface area (Å²) in [6.07, 6.45) is 3.40. The molecule has 1 aromatic rings. The number of carbonyl (C=O) groups is 2. The molecule has 6 heteroatoms. The number of carboxylic acids is 1. The molecule has 1 fully saturated rings. The quantitative estimate of drug-likeness (QED) is 0.869. The molecule has 1 aromatic carbocycles. The van der Waals surface area contributed by atoms with Gasteiger partial charge in [-0.2, -0.15) is 5.26 Å². The normalized spacial score (nSPS) is 17.6. The van der Waals surface area contributed by atoms with E-state index in [4.69, 9.17) is 9.84 Å². The number of amides is 1. The highest BCUT2D eigenvalue weighted by molar-refractivity contribution is 5.88. The van der Waals surface area contributed by atoms with Crippen molar-refractivity contribution in [2.75, 3.05) is 0 Å². The maximum atomic E-state index is 12.3. The third kappa shape index (κ3) is 4.22. The highest BCUT2D eigenvalue weighted by Crippen LogP contribution is 2.27. The minimum absolute atomic E-state index is 0.0934. The zero-order valence-electron chi connectivity index (χ0n) is 13.0. The van der Waals surface area contributed by atoms with E-state index < -0.39 is 17.6 Å². The zero-order valence-corrected chi connectivity index (χ0v) is 13.0. The van der Waals surface area contributed by atoms with Crippen molar-refractivity contribution >= 4 is 11.9 Å².